The van der Waals surface area contributed by atoms with Gasteiger partial charge in [-0.2, -0.15) is 0 Å². The van der Waals surface area contributed by atoms with Crippen molar-refractivity contribution < 1.29 is 28.7 Å². The summed E-state index contributed by atoms with van der Waals surface area (Å²) >= 11 is 2.87. The van der Waals surface area contributed by atoms with E-state index < -0.39 is 35.4 Å². The molecule has 8 nitrogen and oxygen atoms in total. The molecule has 3 heterocycles. The Labute approximate surface area is 246 Å². The van der Waals surface area contributed by atoms with E-state index in [-0.39, 0.29) is 24.6 Å². The SMILES string of the molecule is CCOC(=O)C=CC1=C(C(=O)OC(c2ccccc2)c2ccccc2)N2C(=O)C(NC(=O)Cc3cccs3)[C@@H]2SC1. The smallest absolute Gasteiger partial charge is 0.356 e. The zero-order valence-electron chi connectivity index (χ0n) is 22.2. The van der Waals surface area contributed by atoms with Crippen molar-refractivity contribution in [3.8, 4) is 0 Å². The lowest BCUT2D eigenvalue weighted by Crippen LogP contribution is -2.70. The van der Waals surface area contributed by atoms with Crippen LogP contribution in [0, 0.1) is 0 Å². The molecule has 1 unspecified atom stereocenters. The number of amides is 2. The number of nitrogens with one attached hydrogen (secondary N) is 1. The van der Waals surface area contributed by atoms with Gasteiger partial charge in [-0.25, -0.2) is 9.59 Å². The van der Waals surface area contributed by atoms with Crippen LogP contribution in [-0.2, 0) is 35.1 Å². The molecule has 2 aromatic carbocycles. The van der Waals surface area contributed by atoms with Crippen molar-refractivity contribution in [2.45, 2.75) is 30.9 Å². The number of thiophene rings is 1. The number of carbonyl (C=O) groups is 4. The second-order valence-corrected chi connectivity index (χ2v) is 11.4. The van der Waals surface area contributed by atoms with Gasteiger partial charge in [0.05, 0.1) is 13.0 Å². The van der Waals surface area contributed by atoms with Crippen LogP contribution in [0.5, 0.6) is 0 Å². The molecule has 0 radical (unpaired) electrons. The third-order valence-corrected chi connectivity index (χ3v) is 8.74. The first-order chi connectivity index (χ1) is 20.0. The average Bonchev–Trinajstić information content (AvgIpc) is 3.51. The van der Waals surface area contributed by atoms with E-state index in [0.717, 1.165) is 16.0 Å². The molecule has 2 amide bonds. The van der Waals surface area contributed by atoms with Crippen LogP contribution in [0.25, 0.3) is 0 Å². The highest BCUT2D eigenvalue weighted by atomic mass is 32.2. The van der Waals surface area contributed by atoms with Crippen molar-refractivity contribution in [2.24, 2.45) is 0 Å². The standard InChI is InChI=1S/C31H28N2O6S2/c1-2-38-25(35)16-15-22-19-41-30-26(32-24(34)18-23-14-9-17-40-23)29(36)33(30)27(22)31(37)39-28(20-10-5-3-6-11-20)21-12-7-4-8-13-21/h3-17,26,28,30H,2,18-19H2,1H3,(H,32,34)/t26?,30-/m0/s1. The Balaban J connectivity index is 1.43. The van der Waals surface area contributed by atoms with Gasteiger partial charge in [-0.05, 0) is 41.1 Å². The van der Waals surface area contributed by atoms with Crippen molar-refractivity contribution >= 4 is 46.9 Å². The summed E-state index contributed by atoms with van der Waals surface area (Å²) in [6.45, 7) is 1.91. The Morgan fingerprint density at radius 2 is 1.71 bits per heavy atom. The van der Waals surface area contributed by atoms with Gasteiger partial charge in [0.15, 0.2) is 6.10 Å². The number of esters is 2. The first kappa shape index (κ1) is 28.4. The molecule has 1 N–H and O–H groups in total. The predicted octanol–water partition coefficient (Wildman–Crippen LogP) is 4.40. The van der Waals surface area contributed by atoms with Gasteiger partial charge in [-0.3, -0.25) is 14.5 Å². The van der Waals surface area contributed by atoms with Crippen LogP contribution in [0.3, 0.4) is 0 Å². The molecule has 210 valence electrons. The van der Waals surface area contributed by atoms with Gasteiger partial charge in [0.25, 0.3) is 5.91 Å². The number of nitrogens with zero attached hydrogens (tertiary/aromatic N) is 1. The number of rotatable bonds is 10. The first-order valence-corrected chi connectivity index (χ1v) is 15.0. The van der Waals surface area contributed by atoms with Crippen LogP contribution < -0.4 is 5.32 Å². The highest BCUT2D eigenvalue weighted by molar-refractivity contribution is 8.00. The monoisotopic (exact) mass is 588 g/mol. The van der Waals surface area contributed by atoms with Crippen LogP contribution in [-0.4, -0.2) is 52.4 Å². The maximum atomic E-state index is 13.9. The van der Waals surface area contributed by atoms with Crippen LogP contribution in [0.2, 0.25) is 0 Å². The maximum absolute atomic E-state index is 13.9. The summed E-state index contributed by atoms with van der Waals surface area (Å²) in [5, 5.41) is 4.23. The van der Waals surface area contributed by atoms with Crippen molar-refractivity contribution in [1.29, 1.82) is 0 Å². The molecule has 0 saturated carbocycles. The molecule has 2 aliphatic heterocycles. The van der Waals surface area contributed by atoms with E-state index in [4.69, 9.17) is 9.47 Å². The van der Waals surface area contributed by atoms with E-state index >= 15 is 0 Å². The lowest BCUT2D eigenvalue weighted by Gasteiger charge is -2.49. The third-order valence-electron chi connectivity index (χ3n) is 6.56. The molecule has 2 atom stereocenters. The summed E-state index contributed by atoms with van der Waals surface area (Å²) in [4.78, 5) is 54.3. The molecule has 0 aliphatic carbocycles. The molecule has 1 aromatic heterocycles. The average molecular weight is 589 g/mol. The summed E-state index contributed by atoms with van der Waals surface area (Å²) < 4.78 is 11.1. The summed E-state index contributed by atoms with van der Waals surface area (Å²) in [6.07, 6.45) is 2.18. The Morgan fingerprint density at radius 3 is 2.32 bits per heavy atom. The van der Waals surface area contributed by atoms with E-state index in [1.54, 1.807) is 6.92 Å². The summed E-state index contributed by atoms with van der Waals surface area (Å²) in [6, 6.07) is 21.6. The summed E-state index contributed by atoms with van der Waals surface area (Å²) in [5.74, 6) is -1.60. The highest BCUT2D eigenvalue weighted by Crippen LogP contribution is 2.42. The quantitative estimate of drug-likeness (QED) is 0.213. The van der Waals surface area contributed by atoms with Crippen molar-refractivity contribution in [3.05, 3.63) is 118 Å². The lowest BCUT2D eigenvalue weighted by molar-refractivity contribution is -0.154. The number of hydrogen-bond donors (Lipinski definition) is 1. The second kappa shape index (κ2) is 13.0. The van der Waals surface area contributed by atoms with Gasteiger partial charge in [0, 0.05) is 16.7 Å². The number of ether oxygens (including phenoxy) is 2. The van der Waals surface area contributed by atoms with Crippen molar-refractivity contribution in [3.63, 3.8) is 0 Å². The molecular formula is C31H28N2O6S2. The molecule has 5 rings (SSSR count). The Bertz CT molecular complexity index is 1430. The fourth-order valence-electron chi connectivity index (χ4n) is 4.66. The number of hydrogen-bond acceptors (Lipinski definition) is 8. The number of β-lactam (4-membered cyclic amide) rings is 1. The summed E-state index contributed by atoms with van der Waals surface area (Å²) in [5.41, 5.74) is 2.05. The Kier molecular flexibility index (Phi) is 9.01. The van der Waals surface area contributed by atoms with Crippen LogP contribution in [0.4, 0.5) is 0 Å². The van der Waals surface area contributed by atoms with Gasteiger partial charge in [-0.15, -0.1) is 23.1 Å². The molecule has 10 heteroatoms. The minimum Gasteiger partial charge on any atom is -0.463 e. The van der Waals surface area contributed by atoms with E-state index in [1.165, 1.54) is 40.2 Å². The second-order valence-electron chi connectivity index (χ2n) is 9.28. The van der Waals surface area contributed by atoms with Gasteiger partial charge in [0.2, 0.25) is 5.91 Å². The van der Waals surface area contributed by atoms with E-state index in [2.05, 4.69) is 5.32 Å². The fraction of sp³-hybridized carbons (Fsp3) is 0.226. The molecule has 3 aromatic rings. The van der Waals surface area contributed by atoms with Gasteiger partial charge in [-0.1, -0.05) is 66.7 Å². The van der Waals surface area contributed by atoms with Crippen LogP contribution in [0.15, 0.2) is 102 Å². The highest BCUT2D eigenvalue weighted by Gasteiger charge is 2.54. The molecule has 2 aliphatic rings. The first-order valence-electron chi connectivity index (χ1n) is 13.1. The van der Waals surface area contributed by atoms with Crippen molar-refractivity contribution in [2.75, 3.05) is 12.4 Å². The Morgan fingerprint density at radius 1 is 1.02 bits per heavy atom. The number of benzene rings is 2. The number of carbonyl (C=O) groups excluding carboxylic acids is 4. The van der Waals surface area contributed by atoms with E-state index in [1.807, 2.05) is 78.2 Å². The summed E-state index contributed by atoms with van der Waals surface area (Å²) in [7, 11) is 0. The van der Waals surface area contributed by atoms with Gasteiger partial charge >= 0.3 is 11.9 Å². The maximum Gasteiger partial charge on any atom is 0.356 e. The number of fused-ring (bicyclic) bond motifs is 1. The predicted molar refractivity (Wildman–Crippen MR) is 157 cm³/mol. The van der Waals surface area contributed by atoms with Gasteiger partial charge < -0.3 is 14.8 Å². The number of thioether (sulfide) groups is 1. The normalized spacial score (nSPS) is 18.2. The third kappa shape index (κ3) is 6.44. The molecule has 1 saturated heterocycles. The largest absolute Gasteiger partial charge is 0.463 e. The lowest BCUT2D eigenvalue weighted by atomic mass is 10.0. The minimum atomic E-state index is -0.773. The van der Waals surface area contributed by atoms with Gasteiger partial charge in [0.1, 0.15) is 17.1 Å². The number of allylic oxidation sites excluding steroid dienone is 1. The Hall–Kier alpha value is -4.15. The molecule has 1 fully saturated rings. The van der Waals surface area contributed by atoms with Crippen molar-refractivity contribution in [1.82, 2.24) is 10.2 Å². The molecule has 41 heavy (non-hydrogen) atoms. The topological polar surface area (TPSA) is 102 Å². The zero-order chi connectivity index (χ0) is 28.8. The molecule has 0 bridgehead atoms. The molecule has 0 spiro atoms. The van der Waals surface area contributed by atoms with Crippen LogP contribution in [0.1, 0.15) is 29.0 Å². The van der Waals surface area contributed by atoms with Crippen LogP contribution >= 0.6 is 23.1 Å². The molecular weight excluding hydrogens is 560 g/mol. The van der Waals surface area contributed by atoms with E-state index in [0.29, 0.717) is 11.3 Å². The minimum absolute atomic E-state index is 0.0555. The fourth-order valence-corrected chi connectivity index (χ4v) is 6.68. The van der Waals surface area contributed by atoms with E-state index in [9.17, 15) is 19.2 Å². The zero-order valence-corrected chi connectivity index (χ0v) is 23.9.